The molecule has 0 unspecified atom stereocenters. The van der Waals surface area contributed by atoms with Gasteiger partial charge in [-0.15, -0.1) is 11.3 Å². The van der Waals surface area contributed by atoms with Gasteiger partial charge in [-0.05, 0) is 36.6 Å². The number of aryl methyl sites for hydroxylation is 1. The Morgan fingerprint density at radius 3 is 2.72 bits per heavy atom. The van der Waals surface area contributed by atoms with Crippen LogP contribution < -0.4 is 16.4 Å². The number of amides is 2. The Morgan fingerprint density at radius 2 is 2.08 bits per heavy atom. The Morgan fingerprint density at radius 1 is 1.36 bits per heavy atom. The summed E-state index contributed by atoms with van der Waals surface area (Å²) < 4.78 is 13.3. The van der Waals surface area contributed by atoms with Gasteiger partial charge in [0, 0.05) is 10.9 Å². The van der Waals surface area contributed by atoms with Gasteiger partial charge in [0.05, 0.1) is 18.3 Å². The van der Waals surface area contributed by atoms with Crippen LogP contribution in [0.1, 0.15) is 19.4 Å². The number of thiazole rings is 1. The third-order valence-electron chi connectivity index (χ3n) is 3.65. The number of hydrogen-bond acceptors (Lipinski definition) is 5. The van der Waals surface area contributed by atoms with Crippen LogP contribution in [0, 0.1) is 18.7 Å². The number of aromatic nitrogens is 1. The molecule has 0 fully saturated rings. The van der Waals surface area contributed by atoms with E-state index in [1.54, 1.807) is 24.4 Å². The molecule has 6 nitrogen and oxygen atoms in total. The fourth-order valence-electron chi connectivity index (χ4n) is 2.02. The van der Waals surface area contributed by atoms with E-state index in [4.69, 9.17) is 5.73 Å². The van der Waals surface area contributed by atoms with Crippen LogP contribution in [0.3, 0.4) is 0 Å². The predicted molar refractivity (Wildman–Crippen MR) is 96.7 cm³/mol. The molecule has 0 aliphatic carbocycles. The molecule has 1 atom stereocenters. The molecule has 2 aromatic rings. The molecule has 0 bridgehead atoms. The maximum absolute atomic E-state index is 13.3. The van der Waals surface area contributed by atoms with Crippen molar-refractivity contribution in [3.05, 3.63) is 35.0 Å². The third-order valence-corrected chi connectivity index (χ3v) is 4.41. The van der Waals surface area contributed by atoms with E-state index in [0.29, 0.717) is 16.4 Å². The number of benzene rings is 1. The summed E-state index contributed by atoms with van der Waals surface area (Å²) >= 11 is 1.25. The molecule has 2 rings (SSSR count). The van der Waals surface area contributed by atoms with Crippen LogP contribution in [-0.4, -0.2) is 29.4 Å². The molecule has 0 saturated heterocycles. The Hall–Kier alpha value is -2.32. The van der Waals surface area contributed by atoms with Gasteiger partial charge in [0.2, 0.25) is 11.8 Å². The number of carbonyl (C=O) groups excluding carboxylic acids is 2. The lowest BCUT2D eigenvalue weighted by Gasteiger charge is -2.14. The van der Waals surface area contributed by atoms with Crippen LogP contribution in [0.15, 0.2) is 23.6 Å². The quantitative estimate of drug-likeness (QED) is 0.733. The van der Waals surface area contributed by atoms with Crippen LogP contribution in [0.2, 0.25) is 0 Å². The van der Waals surface area contributed by atoms with Crippen LogP contribution in [0.4, 0.5) is 9.52 Å². The second kappa shape index (κ2) is 8.17. The van der Waals surface area contributed by atoms with Gasteiger partial charge in [0.25, 0.3) is 0 Å². The van der Waals surface area contributed by atoms with Gasteiger partial charge in [0.1, 0.15) is 5.82 Å². The molecular formula is C17H21FN4O2S. The van der Waals surface area contributed by atoms with Gasteiger partial charge in [-0.25, -0.2) is 9.37 Å². The standard InChI is InChI=1S/C17H21FN4O2S/c1-9(2)15(19)16(24)20-7-14(23)22-17-21-13(8-25-17)11-4-5-12(18)10(3)6-11/h4-6,8-9,15H,7,19H2,1-3H3,(H,20,24)(H,21,22,23)/t15-/m0/s1. The van der Waals surface area contributed by atoms with E-state index < -0.39 is 6.04 Å². The highest BCUT2D eigenvalue weighted by Gasteiger charge is 2.18. The predicted octanol–water partition coefficient (Wildman–Crippen LogP) is 2.30. The van der Waals surface area contributed by atoms with Crippen molar-refractivity contribution in [2.24, 2.45) is 11.7 Å². The molecular weight excluding hydrogens is 343 g/mol. The molecule has 0 spiro atoms. The first-order chi connectivity index (χ1) is 11.8. The van der Waals surface area contributed by atoms with Gasteiger partial charge in [-0.1, -0.05) is 13.8 Å². The average Bonchev–Trinajstić information content (AvgIpc) is 3.02. The molecule has 1 aromatic carbocycles. The molecule has 8 heteroatoms. The highest BCUT2D eigenvalue weighted by molar-refractivity contribution is 7.14. The van der Waals surface area contributed by atoms with Crippen LogP contribution >= 0.6 is 11.3 Å². The molecule has 0 radical (unpaired) electrons. The molecule has 0 aliphatic heterocycles. The van der Waals surface area contributed by atoms with Crippen LogP contribution in [0.25, 0.3) is 11.3 Å². The maximum atomic E-state index is 13.3. The van der Waals surface area contributed by atoms with E-state index in [2.05, 4.69) is 15.6 Å². The summed E-state index contributed by atoms with van der Waals surface area (Å²) in [5.74, 6) is -1.04. The fourth-order valence-corrected chi connectivity index (χ4v) is 2.76. The molecule has 1 aromatic heterocycles. The lowest BCUT2D eigenvalue weighted by atomic mass is 10.1. The van der Waals surface area contributed by atoms with Crippen molar-refractivity contribution in [3.63, 3.8) is 0 Å². The van der Waals surface area contributed by atoms with Gasteiger partial charge >= 0.3 is 0 Å². The van der Waals surface area contributed by atoms with E-state index in [1.165, 1.54) is 17.4 Å². The van der Waals surface area contributed by atoms with E-state index in [-0.39, 0.29) is 30.1 Å². The molecule has 0 saturated carbocycles. The van der Waals surface area contributed by atoms with E-state index >= 15 is 0 Å². The minimum absolute atomic E-state index is 0.0104. The maximum Gasteiger partial charge on any atom is 0.245 e. The third kappa shape index (κ3) is 5.07. The Kier molecular flexibility index (Phi) is 6.22. The summed E-state index contributed by atoms with van der Waals surface area (Å²) in [7, 11) is 0. The highest BCUT2D eigenvalue weighted by Crippen LogP contribution is 2.26. The number of nitrogens with one attached hydrogen (secondary N) is 2. The first-order valence-electron chi connectivity index (χ1n) is 7.83. The monoisotopic (exact) mass is 364 g/mol. The Bertz CT molecular complexity index is 776. The fraction of sp³-hybridized carbons (Fsp3) is 0.353. The summed E-state index contributed by atoms with van der Waals surface area (Å²) in [5.41, 5.74) is 7.65. The largest absolute Gasteiger partial charge is 0.346 e. The molecule has 2 amide bonds. The smallest absolute Gasteiger partial charge is 0.245 e. The number of nitrogens with two attached hydrogens (primary N) is 1. The van der Waals surface area contributed by atoms with Gasteiger partial charge in [-0.3, -0.25) is 9.59 Å². The summed E-state index contributed by atoms with van der Waals surface area (Å²) in [4.78, 5) is 27.9. The van der Waals surface area contributed by atoms with E-state index in [1.807, 2.05) is 13.8 Å². The van der Waals surface area contributed by atoms with Crippen molar-refractivity contribution in [3.8, 4) is 11.3 Å². The Balaban J connectivity index is 1.93. The zero-order valence-electron chi connectivity index (χ0n) is 14.3. The normalized spacial score (nSPS) is 12.1. The molecule has 1 heterocycles. The van der Waals surface area contributed by atoms with Crippen molar-refractivity contribution in [2.45, 2.75) is 26.8 Å². The highest BCUT2D eigenvalue weighted by atomic mass is 32.1. The number of nitrogens with zero attached hydrogens (tertiary/aromatic N) is 1. The Labute approximate surface area is 149 Å². The molecule has 134 valence electrons. The van der Waals surface area contributed by atoms with Crippen LogP contribution in [0.5, 0.6) is 0 Å². The summed E-state index contributed by atoms with van der Waals surface area (Å²) in [5, 5.41) is 7.30. The minimum atomic E-state index is -0.652. The first-order valence-corrected chi connectivity index (χ1v) is 8.71. The second-order valence-electron chi connectivity index (χ2n) is 6.04. The van der Waals surface area contributed by atoms with Gasteiger partial charge in [-0.2, -0.15) is 0 Å². The summed E-state index contributed by atoms with van der Waals surface area (Å²) in [6, 6.07) is 4.07. The first kappa shape index (κ1) is 19.0. The van der Waals surface area contributed by atoms with Crippen molar-refractivity contribution in [1.29, 1.82) is 0 Å². The molecule has 25 heavy (non-hydrogen) atoms. The second-order valence-corrected chi connectivity index (χ2v) is 6.90. The van der Waals surface area contributed by atoms with E-state index in [9.17, 15) is 14.0 Å². The molecule has 4 N–H and O–H groups in total. The average molecular weight is 364 g/mol. The number of rotatable bonds is 6. The van der Waals surface area contributed by atoms with Crippen LogP contribution in [-0.2, 0) is 9.59 Å². The SMILES string of the molecule is Cc1cc(-c2csc(NC(=O)CNC(=O)[C@@H](N)C(C)C)n2)ccc1F. The van der Waals surface area contributed by atoms with Gasteiger partial charge in [0.15, 0.2) is 5.13 Å². The number of halogens is 1. The van der Waals surface area contributed by atoms with Crippen molar-refractivity contribution >= 4 is 28.3 Å². The zero-order chi connectivity index (χ0) is 18.6. The lowest BCUT2D eigenvalue weighted by Crippen LogP contribution is -2.46. The van der Waals surface area contributed by atoms with E-state index in [0.717, 1.165) is 5.56 Å². The van der Waals surface area contributed by atoms with Gasteiger partial charge < -0.3 is 16.4 Å². The number of carbonyl (C=O) groups is 2. The summed E-state index contributed by atoms with van der Waals surface area (Å²) in [6.45, 7) is 5.17. The number of hydrogen-bond donors (Lipinski definition) is 3. The van der Waals surface area contributed by atoms with Crippen molar-refractivity contribution in [1.82, 2.24) is 10.3 Å². The topological polar surface area (TPSA) is 97.1 Å². The number of anilines is 1. The molecule has 0 aliphatic rings. The van der Waals surface area contributed by atoms with Crippen molar-refractivity contribution < 1.29 is 14.0 Å². The van der Waals surface area contributed by atoms with Crippen molar-refractivity contribution in [2.75, 3.05) is 11.9 Å². The summed E-state index contributed by atoms with van der Waals surface area (Å²) in [6.07, 6.45) is 0. The lowest BCUT2D eigenvalue weighted by molar-refractivity contribution is -0.125. The minimum Gasteiger partial charge on any atom is -0.346 e. The zero-order valence-corrected chi connectivity index (χ0v) is 15.1.